The fourth-order valence-corrected chi connectivity index (χ4v) is 2.63. The summed E-state index contributed by atoms with van der Waals surface area (Å²) in [5.74, 6) is 0.575. The minimum atomic E-state index is -0.304. The third-order valence-electron chi connectivity index (χ3n) is 3.91. The number of nitrogens with zero attached hydrogens (tertiary/aromatic N) is 3. The maximum atomic E-state index is 12.7. The van der Waals surface area contributed by atoms with Crippen molar-refractivity contribution in [2.24, 2.45) is 0 Å². The molecule has 1 amide bonds. The van der Waals surface area contributed by atoms with E-state index in [2.05, 4.69) is 21.5 Å². The molecular weight excluding hydrogens is 344 g/mol. The van der Waals surface area contributed by atoms with Crippen molar-refractivity contribution in [2.45, 2.75) is 13.5 Å². The van der Waals surface area contributed by atoms with Crippen molar-refractivity contribution in [3.8, 4) is 5.88 Å². The van der Waals surface area contributed by atoms with Crippen LogP contribution >= 0.6 is 0 Å². The molecule has 0 bridgehead atoms. The van der Waals surface area contributed by atoms with E-state index in [0.717, 1.165) is 5.56 Å². The Morgan fingerprint density at radius 1 is 1.15 bits per heavy atom. The number of carbonyl (C=O) groups is 1. The number of aromatic nitrogens is 3. The van der Waals surface area contributed by atoms with Crippen molar-refractivity contribution < 1.29 is 14.3 Å². The van der Waals surface area contributed by atoms with Crippen molar-refractivity contribution in [3.05, 3.63) is 71.5 Å². The first kappa shape index (κ1) is 18.6. The number of ether oxygens (including phenoxy) is 2. The van der Waals surface area contributed by atoms with E-state index in [0.29, 0.717) is 31.1 Å². The summed E-state index contributed by atoms with van der Waals surface area (Å²) in [6, 6.07) is 13.3. The van der Waals surface area contributed by atoms with Gasteiger partial charge in [0.2, 0.25) is 5.88 Å². The summed E-state index contributed by atoms with van der Waals surface area (Å²) in [4.78, 5) is 16.9. The van der Waals surface area contributed by atoms with Crippen molar-refractivity contribution in [2.75, 3.05) is 25.6 Å². The number of amides is 1. The number of hydrogen-bond donors (Lipinski definition) is 1. The minimum absolute atomic E-state index is 0.275. The van der Waals surface area contributed by atoms with Crippen LogP contribution in [-0.2, 0) is 11.3 Å². The molecule has 7 nitrogen and oxygen atoms in total. The number of nitrogens with one attached hydrogen (secondary N) is 1. The average Bonchev–Trinajstić information content (AvgIpc) is 3.09. The van der Waals surface area contributed by atoms with Gasteiger partial charge in [-0.1, -0.05) is 29.8 Å². The van der Waals surface area contributed by atoms with Gasteiger partial charge in [-0.3, -0.25) is 4.79 Å². The third-order valence-corrected chi connectivity index (χ3v) is 3.91. The van der Waals surface area contributed by atoms with Gasteiger partial charge in [0, 0.05) is 19.4 Å². The van der Waals surface area contributed by atoms with Crippen molar-refractivity contribution >= 4 is 11.7 Å². The molecule has 0 spiro atoms. The van der Waals surface area contributed by atoms with Gasteiger partial charge in [0.1, 0.15) is 18.0 Å². The molecule has 3 rings (SSSR count). The second kappa shape index (κ2) is 8.95. The fourth-order valence-electron chi connectivity index (χ4n) is 2.63. The van der Waals surface area contributed by atoms with Crippen LogP contribution < -0.4 is 10.1 Å². The van der Waals surface area contributed by atoms with Crippen LogP contribution in [0.2, 0.25) is 0 Å². The maximum Gasteiger partial charge on any atom is 0.262 e. The van der Waals surface area contributed by atoms with Crippen LogP contribution in [0.15, 0.2) is 54.9 Å². The lowest BCUT2D eigenvalue weighted by molar-refractivity contribution is 0.101. The summed E-state index contributed by atoms with van der Waals surface area (Å²) in [6.07, 6.45) is 3.24. The van der Waals surface area contributed by atoms with E-state index in [1.165, 1.54) is 5.56 Å². The molecule has 3 aromatic rings. The summed E-state index contributed by atoms with van der Waals surface area (Å²) in [6.45, 7) is 3.34. The van der Waals surface area contributed by atoms with E-state index in [1.54, 1.807) is 42.4 Å². The maximum absolute atomic E-state index is 12.7. The van der Waals surface area contributed by atoms with Crippen molar-refractivity contribution in [1.82, 2.24) is 14.8 Å². The second-order valence-electron chi connectivity index (χ2n) is 6.01. The summed E-state index contributed by atoms with van der Waals surface area (Å²) >= 11 is 0. The summed E-state index contributed by atoms with van der Waals surface area (Å²) in [5, 5.41) is 7.19. The van der Waals surface area contributed by atoms with Gasteiger partial charge in [-0.05, 0) is 24.6 Å². The number of anilines is 1. The molecule has 0 radical (unpaired) electrons. The molecule has 0 aliphatic rings. The SMILES string of the molecule is COCCOc1ncccc1C(=O)Nc1ccnn1Cc1cccc(C)c1. The van der Waals surface area contributed by atoms with Crippen LogP contribution in [0.3, 0.4) is 0 Å². The van der Waals surface area contributed by atoms with Crippen LogP contribution in [-0.4, -0.2) is 41.0 Å². The highest BCUT2D eigenvalue weighted by Crippen LogP contribution is 2.18. The molecule has 0 unspecified atom stereocenters. The van der Waals surface area contributed by atoms with E-state index >= 15 is 0 Å². The standard InChI is InChI=1S/C20H22N4O3/c1-15-5-3-6-16(13-15)14-24-18(8-10-22-24)23-19(25)17-7-4-9-21-20(17)27-12-11-26-2/h3-10,13H,11-12,14H2,1-2H3,(H,23,25). The van der Waals surface area contributed by atoms with E-state index in [-0.39, 0.29) is 11.8 Å². The van der Waals surface area contributed by atoms with Crippen LogP contribution in [0.25, 0.3) is 0 Å². The zero-order chi connectivity index (χ0) is 19.1. The predicted molar refractivity (Wildman–Crippen MR) is 102 cm³/mol. The van der Waals surface area contributed by atoms with Gasteiger partial charge < -0.3 is 14.8 Å². The number of methoxy groups -OCH3 is 1. The van der Waals surface area contributed by atoms with E-state index in [9.17, 15) is 4.79 Å². The van der Waals surface area contributed by atoms with Gasteiger partial charge in [0.15, 0.2) is 0 Å². The number of aryl methyl sites for hydroxylation is 1. The first-order valence-corrected chi connectivity index (χ1v) is 8.63. The summed E-state index contributed by atoms with van der Waals surface area (Å²) in [7, 11) is 1.59. The Balaban J connectivity index is 1.73. The number of rotatable bonds is 8. The van der Waals surface area contributed by atoms with E-state index in [4.69, 9.17) is 9.47 Å². The number of hydrogen-bond acceptors (Lipinski definition) is 5. The Hall–Kier alpha value is -3.19. The van der Waals surface area contributed by atoms with Crippen LogP contribution in [0.1, 0.15) is 21.5 Å². The molecule has 0 atom stereocenters. The molecule has 0 saturated heterocycles. The molecule has 2 aromatic heterocycles. The molecule has 140 valence electrons. The minimum Gasteiger partial charge on any atom is -0.475 e. The zero-order valence-electron chi connectivity index (χ0n) is 15.4. The zero-order valence-corrected chi connectivity index (χ0v) is 15.4. The smallest absolute Gasteiger partial charge is 0.262 e. The number of carbonyl (C=O) groups excluding carboxylic acids is 1. The number of pyridine rings is 1. The van der Waals surface area contributed by atoms with Gasteiger partial charge in [-0.25, -0.2) is 9.67 Å². The largest absolute Gasteiger partial charge is 0.475 e. The average molecular weight is 366 g/mol. The Morgan fingerprint density at radius 2 is 2.04 bits per heavy atom. The molecule has 7 heteroatoms. The van der Waals surface area contributed by atoms with Gasteiger partial charge in [-0.15, -0.1) is 0 Å². The molecule has 0 aliphatic heterocycles. The Kier molecular flexibility index (Phi) is 6.17. The predicted octanol–water partition coefficient (Wildman–Crippen LogP) is 2.91. The molecule has 27 heavy (non-hydrogen) atoms. The van der Waals surface area contributed by atoms with Crippen LogP contribution in [0.4, 0.5) is 5.82 Å². The first-order chi connectivity index (χ1) is 13.2. The highest BCUT2D eigenvalue weighted by atomic mass is 16.5. The molecule has 1 N–H and O–H groups in total. The van der Waals surface area contributed by atoms with Gasteiger partial charge >= 0.3 is 0 Å². The highest BCUT2D eigenvalue weighted by molar-refractivity contribution is 6.05. The monoisotopic (exact) mass is 366 g/mol. The normalized spacial score (nSPS) is 10.6. The van der Waals surface area contributed by atoms with Crippen LogP contribution in [0.5, 0.6) is 5.88 Å². The molecule has 0 fully saturated rings. The van der Waals surface area contributed by atoms with Crippen molar-refractivity contribution in [3.63, 3.8) is 0 Å². The number of benzene rings is 1. The van der Waals surface area contributed by atoms with Gasteiger partial charge in [0.25, 0.3) is 5.91 Å². The van der Waals surface area contributed by atoms with E-state index < -0.39 is 0 Å². The van der Waals surface area contributed by atoms with Gasteiger partial charge in [0.05, 0.1) is 19.3 Å². The van der Waals surface area contributed by atoms with Gasteiger partial charge in [-0.2, -0.15) is 5.10 Å². The lowest BCUT2D eigenvalue weighted by Crippen LogP contribution is -2.18. The fraction of sp³-hybridized carbons (Fsp3) is 0.250. The highest BCUT2D eigenvalue weighted by Gasteiger charge is 2.15. The Bertz CT molecular complexity index is 908. The quantitative estimate of drug-likeness (QED) is 0.620. The molecule has 0 saturated carbocycles. The first-order valence-electron chi connectivity index (χ1n) is 8.63. The lowest BCUT2D eigenvalue weighted by atomic mass is 10.1. The molecule has 1 aromatic carbocycles. The van der Waals surface area contributed by atoms with Crippen molar-refractivity contribution in [1.29, 1.82) is 0 Å². The molecular formula is C20H22N4O3. The molecule has 0 aliphatic carbocycles. The second-order valence-corrected chi connectivity index (χ2v) is 6.01. The summed E-state index contributed by atoms with van der Waals surface area (Å²) in [5.41, 5.74) is 2.65. The summed E-state index contributed by atoms with van der Waals surface area (Å²) < 4.78 is 12.2. The Morgan fingerprint density at radius 3 is 2.85 bits per heavy atom. The Labute approximate surface area is 158 Å². The van der Waals surface area contributed by atoms with E-state index in [1.807, 2.05) is 25.1 Å². The molecule has 2 heterocycles. The third kappa shape index (κ3) is 4.92. The topological polar surface area (TPSA) is 78.3 Å². The lowest BCUT2D eigenvalue weighted by Gasteiger charge is -2.12. The van der Waals surface area contributed by atoms with Crippen LogP contribution in [0, 0.1) is 6.92 Å².